The molecule has 2 unspecified atom stereocenters. The van der Waals surface area contributed by atoms with Gasteiger partial charge in [-0.25, -0.2) is 15.1 Å². The highest BCUT2D eigenvalue weighted by atomic mass is 16.7. The molecule has 2 N–H and O–H groups in total. The Morgan fingerprint density at radius 3 is 2.12 bits per heavy atom. The molecule has 0 saturated carbocycles. The van der Waals surface area contributed by atoms with E-state index in [1.807, 2.05) is 66.1 Å². The minimum atomic E-state index is -0.689. The van der Waals surface area contributed by atoms with Gasteiger partial charge < -0.3 is 14.8 Å². The molecule has 0 bridgehead atoms. The summed E-state index contributed by atoms with van der Waals surface area (Å²) in [6.45, 7) is 0.665. The van der Waals surface area contributed by atoms with Crippen LogP contribution in [0.5, 0.6) is 0 Å². The van der Waals surface area contributed by atoms with Crippen LogP contribution < -0.4 is 10.7 Å². The maximum Gasteiger partial charge on any atom is 0.259 e. The summed E-state index contributed by atoms with van der Waals surface area (Å²) in [5.74, 6) is 0.0149. The first-order valence-electron chi connectivity index (χ1n) is 7.77. The van der Waals surface area contributed by atoms with Gasteiger partial charge in [0, 0.05) is 0 Å². The Kier molecular flexibility index (Phi) is 5.55. The molecular weight excluding hydrogens is 324 g/mol. The average Bonchev–Trinajstić information content (AvgIpc) is 3.01. The zero-order valence-electron chi connectivity index (χ0n) is 13.4. The quantitative estimate of drug-likeness (QED) is 0.588. The van der Waals surface area contributed by atoms with Crippen LogP contribution in [-0.2, 0) is 22.7 Å². The van der Waals surface area contributed by atoms with Crippen molar-refractivity contribution < 1.29 is 14.5 Å². The molecule has 0 amide bonds. The predicted octanol–water partition coefficient (Wildman–Crippen LogP) is 1.81. The van der Waals surface area contributed by atoms with Gasteiger partial charge in [0.05, 0.1) is 13.2 Å². The standard InChI is InChI=1S/C17H18N4O4/c22-21(23)20-17-18-15(24-11-13-7-3-1-4-8-13)16(19-17)25-12-14-9-5-2-6-10-14/h1-10,15-16H,11-12H2,(H2,18,19,20). The fraction of sp³-hybridized carbons (Fsp3) is 0.235. The van der Waals surface area contributed by atoms with Gasteiger partial charge in [0.1, 0.15) is 0 Å². The van der Waals surface area contributed by atoms with E-state index in [4.69, 9.17) is 9.47 Å². The zero-order valence-corrected chi connectivity index (χ0v) is 13.4. The van der Waals surface area contributed by atoms with Gasteiger partial charge in [-0.2, -0.15) is 0 Å². The second kappa shape index (κ2) is 8.22. The first-order chi connectivity index (χ1) is 12.2. The minimum absolute atomic E-state index is 0.0149. The predicted molar refractivity (Wildman–Crippen MR) is 90.7 cm³/mol. The summed E-state index contributed by atoms with van der Waals surface area (Å²) in [4.78, 5) is 14.8. The maximum absolute atomic E-state index is 10.6. The van der Waals surface area contributed by atoms with Crippen molar-refractivity contribution >= 4 is 5.96 Å². The Morgan fingerprint density at radius 1 is 1.00 bits per heavy atom. The number of benzene rings is 2. The number of rotatable bonds is 7. The summed E-state index contributed by atoms with van der Waals surface area (Å²) >= 11 is 0. The summed E-state index contributed by atoms with van der Waals surface area (Å²) in [6, 6.07) is 19.2. The molecule has 3 rings (SSSR count). The molecule has 130 valence electrons. The number of nitrogens with zero attached hydrogens (tertiary/aromatic N) is 2. The van der Waals surface area contributed by atoms with E-state index in [2.05, 4.69) is 10.3 Å². The normalized spacial score (nSPS) is 19.1. The highest BCUT2D eigenvalue weighted by molar-refractivity contribution is 5.80. The molecule has 8 heteroatoms. The Labute approximate surface area is 144 Å². The van der Waals surface area contributed by atoms with Gasteiger partial charge in [-0.3, -0.25) is 0 Å². The number of ether oxygens (including phenoxy) is 2. The first-order valence-corrected chi connectivity index (χ1v) is 7.77. The smallest absolute Gasteiger partial charge is 0.259 e. The van der Waals surface area contributed by atoms with Gasteiger partial charge >= 0.3 is 0 Å². The van der Waals surface area contributed by atoms with Crippen molar-refractivity contribution in [2.45, 2.75) is 25.7 Å². The highest BCUT2D eigenvalue weighted by Crippen LogP contribution is 2.15. The van der Waals surface area contributed by atoms with Gasteiger partial charge in [-0.05, 0) is 11.1 Å². The van der Waals surface area contributed by atoms with Gasteiger partial charge in [0.2, 0.25) is 0 Å². The Bertz CT molecular complexity index is 724. The summed E-state index contributed by atoms with van der Waals surface area (Å²) in [7, 11) is 0. The summed E-state index contributed by atoms with van der Waals surface area (Å²) in [5.41, 5.74) is 3.97. The Hall–Kier alpha value is -2.97. The van der Waals surface area contributed by atoms with E-state index in [0.717, 1.165) is 11.1 Å². The van der Waals surface area contributed by atoms with Crippen molar-refractivity contribution in [2.75, 3.05) is 0 Å². The van der Waals surface area contributed by atoms with E-state index in [9.17, 15) is 10.1 Å². The number of nitrogens with one attached hydrogen (secondary N) is 2. The first kappa shape index (κ1) is 16.9. The SMILES string of the molecule is O=[N+]([O-])NC1=NC(OCc2ccccc2)C(OCc2ccccc2)N1. The fourth-order valence-corrected chi connectivity index (χ4v) is 2.35. The van der Waals surface area contributed by atoms with E-state index < -0.39 is 17.5 Å². The van der Waals surface area contributed by atoms with Crippen molar-refractivity contribution in [3.63, 3.8) is 0 Å². The van der Waals surface area contributed by atoms with Crippen molar-refractivity contribution in [1.29, 1.82) is 0 Å². The highest BCUT2D eigenvalue weighted by Gasteiger charge is 2.32. The molecule has 1 aliphatic heterocycles. The number of hydrogen-bond donors (Lipinski definition) is 2. The molecule has 0 radical (unpaired) electrons. The van der Waals surface area contributed by atoms with Crippen molar-refractivity contribution in [2.24, 2.45) is 4.99 Å². The molecule has 0 spiro atoms. The number of hydrazine groups is 1. The van der Waals surface area contributed by atoms with Crippen LogP contribution in [0.2, 0.25) is 0 Å². The third kappa shape index (κ3) is 5.00. The molecule has 2 atom stereocenters. The van der Waals surface area contributed by atoms with Gasteiger partial charge in [0.15, 0.2) is 17.5 Å². The molecule has 25 heavy (non-hydrogen) atoms. The maximum atomic E-state index is 10.6. The van der Waals surface area contributed by atoms with E-state index >= 15 is 0 Å². The van der Waals surface area contributed by atoms with Gasteiger partial charge in [-0.15, -0.1) is 0 Å². The second-order valence-corrected chi connectivity index (χ2v) is 5.40. The number of hydrogen-bond acceptors (Lipinski definition) is 6. The molecule has 2 aromatic carbocycles. The molecule has 0 aromatic heterocycles. The van der Waals surface area contributed by atoms with Crippen molar-refractivity contribution in [3.05, 3.63) is 81.9 Å². The lowest BCUT2D eigenvalue weighted by atomic mass is 10.2. The summed E-state index contributed by atoms with van der Waals surface area (Å²) in [6.07, 6.45) is -1.31. The minimum Gasteiger partial charge on any atom is -0.349 e. The van der Waals surface area contributed by atoms with Gasteiger partial charge in [-0.1, -0.05) is 66.1 Å². The van der Waals surface area contributed by atoms with E-state index in [1.165, 1.54) is 0 Å². The third-order valence-electron chi connectivity index (χ3n) is 3.53. The largest absolute Gasteiger partial charge is 0.349 e. The van der Waals surface area contributed by atoms with Crippen LogP contribution in [0, 0.1) is 10.1 Å². The lowest BCUT2D eigenvalue weighted by Crippen LogP contribution is -2.44. The molecule has 8 nitrogen and oxygen atoms in total. The number of guanidine groups is 1. The Morgan fingerprint density at radius 2 is 1.56 bits per heavy atom. The zero-order chi connectivity index (χ0) is 17.5. The fourth-order valence-electron chi connectivity index (χ4n) is 2.35. The van der Waals surface area contributed by atoms with E-state index in [0.29, 0.717) is 13.2 Å². The van der Waals surface area contributed by atoms with Crippen LogP contribution in [-0.4, -0.2) is 23.4 Å². The van der Waals surface area contributed by atoms with Crippen molar-refractivity contribution in [3.8, 4) is 0 Å². The number of nitro groups is 1. The van der Waals surface area contributed by atoms with Gasteiger partial charge in [0.25, 0.3) is 5.96 Å². The molecule has 1 aliphatic rings. The monoisotopic (exact) mass is 342 g/mol. The topological polar surface area (TPSA) is 98.0 Å². The third-order valence-corrected chi connectivity index (χ3v) is 3.53. The molecule has 0 fully saturated rings. The van der Waals surface area contributed by atoms with Crippen LogP contribution >= 0.6 is 0 Å². The summed E-state index contributed by atoms with van der Waals surface area (Å²) < 4.78 is 11.6. The summed E-state index contributed by atoms with van der Waals surface area (Å²) in [5, 5.41) is 12.8. The van der Waals surface area contributed by atoms with Crippen molar-refractivity contribution in [1.82, 2.24) is 10.7 Å². The van der Waals surface area contributed by atoms with Crippen LogP contribution in [0.15, 0.2) is 65.7 Å². The Balaban J connectivity index is 1.61. The lowest BCUT2D eigenvalue weighted by molar-refractivity contribution is -0.525. The lowest BCUT2D eigenvalue weighted by Gasteiger charge is -2.19. The molecule has 2 aromatic rings. The average molecular weight is 342 g/mol. The number of aliphatic imine (C=N–C) groups is 1. The van der Waals surface area contributed by atoms with Crippen LogP contribution in [0.25, 0.3) is 0 Å². The molecular formula is C17H18N4O4. The van der Waals surface area contributed by atoms with Crippen LogP contribution in [0.4, 0.5) is 0 Å². The molecule has 0 aliphatic carbocycles. The van der Waals surface area contributed by atoms with Crippen LogP contribution in [0.1, 0.15) is 11.1 Å². The second-order valence-electron chi connectivity index (χ2n) is 5.40. The molecule has 0 saturated heterocycles. The van der Waals surface area contributed by atoms with E-state index in [-0.39, 0.29) is 5.96 Å². The van der Waals surface area contributed by atoms with E-state index in [1.54, 1.807) is 0 Å². The van der Waals surface area contributed by atoms with Crippen LogP contribution in [0.3, 0.4) is 0 Å². The molecule has 1 heterocycles.